The summed E-state index contributed by atoms with van der Waals surface area (Å²) in [5, 5.41) is 10.6. The molecule has 1 unspecified atom stereocenters. The molecular formula is C15H19NO7. The molecule has 126 valence electrons. The summed E-state index contributed by atoms with van der Waals surface area (Å²) in [4.78, 5) is 43.3. The van der Waals surface area contributed by atoms with Gasteiger partial charge >= 0.3 is 5.97 Å². The average molecular weight is 325 g/mol. The zero-order valence-corrected chi connectivity index (χ0v) is 13.0. The number of nitro benzene ring substituents is 1. The van der Waals surface area contributed by atoms with Crippen molar-refractivity contribution in [3.63, 3.8) is 0 Å². The second-order valence-electron chi connectivity index (χ2n) is 4.63. The zero-order valence-electron chi connectivity index (χ0n) is 13.0. The first-order chi connectivity index (χ1) is 11.0. The van der Waals surface area contributed by atoms with Crippen molar-refractivity contribution in [2.75, 3.05) is 6.61 Å². The van der Waals surface area contributed by atoms with Crippen LogP contribution in [0.15, 0.2) is 24.3 Å². The van der Waals surface area contributed by atoms with Gasteiger partial charge in [-0.05, 0) is 31.0 Å². The first kappa shape index (κ1) is 18.7. The number of non-ortho nitro benzene ring substituents is 1. The summed E-state index contributed by atoms with van der Waals surface area (Å²) in [6.07, 6.45) is -0.682. The molecule has 8 nitrogen and oxygen atoms in total. The number of ketones is 1. The zero-order chi connectivity index (χ0) is 17.2. The second kappa shape index (κ2) is 9.65. The maximum absolute atomic E-state index is 12.0. The van der Waals surface area contributed by atoms with Crippen LogP contribution in [0.5, 0.6) is 0 Å². The fourth-order valence-corrected chi connectivity index (χ4v) is 1.68. The number of carbonyl (C=O) groups excluding carboxylic acids is 2. The van der Waals surface area contributed by atoms with E-state index in [0.29, 0.717) is 12.0 Å². The molecule has 1 aromatic rings. The SMILES string of the molecule is CCCC(=O)C(OOCC)C(=O)OCc1ccc([N+](=O)[O-])cc1. The van der Waals surface area contributed by atoms with Crippen LogP contribution >= 0.6 is 0 Å². The van der Waals surface area contributed by atoms with Crippen molar-refractivity contribution >= 4 is 17.4 Å². The van der Waals surface area contributed by atoms with Gasteiger partial charge in [-0.2, -0.15) is 0 Å². The number of nitro groups is 1. The highest BCUT2D eigenvalue weighted by Crippen LogP contribution is 2.13. The lowest BCUT2D eigenvalue weighted by Gasteiger charge is -2.14. The van der Waals surface area contributed by atoms with Gasteiger partial charge in [0.25, 0.3) is 5.69 Å². The lowest BCUT2D eigenvalue weighted by atomic mass is 10.1. The predicted molar refractivity (Wildman–Crippen MR) is 79.3 cm³/mol. The van der Waals surface area contributed by atoms with Gasteiger partial charge in [-0.3, -0.25) is 14.9 Å². The number of Topliss-reactive ketones (excluding diaryl/α,β-unsaturated/α-hetero) is 1. The van der Waals surface area contributed by atoms with E-state index in [4.69, 9.17) is 9.62 Å². The minimum absolute atomic E-state index is 0.0595. The Morgan fingerprint density at radius 3 is 2.39 bits per heavy atom. The van der Waals surface area contributed by atoms with E-state index in [2.05, 4.69) is 4.89 Å². The van der Waals surface area contributed by atoms with Crippen LogP contribution in [-0.2, 0) is 30.7 Å². The van der Waals surface area contributed by atoms with Crippen molar-refractivity contribution in [3.05, 3.63) is 39.9 Å². The summed E-state index contributed by atoms with van der Waals surface area (Å²) in [6, 6.07) is 5.55. The number of ether oxygens (including phenoxy) is 1. The molecule has 0 aliphatic rings. The van der Waals surface area contributed by atoms with Gasteiger partial charge in [-0.15, -0.1) is 0 Å². The molecule has 1 rings (SSSR count). The summed E-state index contributed by atoms with van der Waals surface area (Å²) in [5.74, 6) is -1.27. The molecule has 0 aliphatic carbocycles. The number of carbonyl (C=O) groups is 2. The number of rotatable bonds is 10. The minimum Gasteiger partial charge on any atom is -0.458 e. The van der Waals surface area contributed by atoms with Crippen molar-refractivity contribution in [3.8, 4) is 0 Å². The van der Waals surface area contributed by atoms with E-state index in [0.717, 1.165) is 0 Å². The highest BCUT2D eigenvalue weighted by molar-refractivity contribution is 6.01. The van der Waals surface area contributed by atoms with E-state index in [1.54, 1.807) is 13.8 Å². The summed E-state index contributed by atoms with van der Waals surface area (Å²) >= 11 is 0. The van der Waals surface area contributed by atoms with Gasteiger partial charge in [-0.25, -0.2) is 14.6 Å². The molecule has 23 heavy (non-hydrogen) atoms. The number of hydrogen-bond donors (Lipinski definition) is 0. The third-order valence-corrected chi connectivity index (χ3v) is 2.81. The van der Waals surface area contributed by atoms with E-state index >= 15 is 0 Å². The van der Waals surface area contributed by atoms with Crippen LogP contribution in [0.4, 0.5) is 5.69 Å². The Kier molecular flexibility index (Phi) is 7.86. The molecule has 0 saturated carbocycles. The van der Waals surface area contributed by atoms with Gasteiger partial charge in [0.05, 0.1) is 11.5 Å². The minimum atomic E-state index is -1.42. The fourth-order valence-electron chi connectivity index (χ4n) is 1.68. The molecule has 0 N–H and O–H groups in total. The number of hydrogen-bond acceptors (Lipinski definition) is 7. The monoisotopic (exact) mass is 325 g/mol. The standard InChI is InChI=1S/C15H19NO7/c1-3-5-13(17)14(23-22-4-2)15(18)21-10-11-6-8-12(9-7-11)16(19)20/h6-9,14H,3-5,10H2,1-2H3. The Labute approximate surface area is 133 Å². The summed E-state index contributed by atoms with van der Waals surface area (Å²) in [6.45, 7) is 3.52. The largest absolute Gasteiger partial charge is 0.458 e. The lowest BCUT2D eigenvalue weighted by Crippen LogP contribution is -2.34. The van der Waals surface area contributed by atoms with Crippen molar-refractivity contribution < 1.29 is 29.0 Å². The number of nitrogens with zero attached hydrogens (tertiary/aromatic N) is 1. The van der Waals surface area contributed by atoms with Gasteiger partial charge in [0.2, 0.25) is 6.10 Å². The van der Waals surface area contributed by atoms with Gasteiger partial charge < -0.3 is 4.74 Å². The molecule has 1 atom stereocenters. The van der Waals surface area contributed by atoms with Gasteiger partial charge in [0.1, 0.15) is 6.61 Å². The normalized spacial score (nSPS) is 11.7. The van der Waals surface area contributed by atoms with Crippen LogP contribution in [-0.4, -0.2) is 29.4 Å². The smallest absolute Gasteiger partial charge is 0.346 e. The quantitative estimate of drug-likeness (QED) is 0.214. The molecule has 0 radical (unpaired) electrons. The van der Waals surface area contributed by atoms with E-state index in [1.807, 2.05) is 0 Å². The molecule has 1 aromatic carbocycles. The average Bonchev–Trinajstić information content (AvgIpc) is 2.54. The summed E-state index contributed by atoms with van der Waals surface area (Å²) in [5.41, 5.74) is 0.498. The fraction of sp³-hybridized carbons (Fsp3) is 0.467. The van der Waals surface area contributed by atoms with Crippen molar-refractivity contribution in [2.24, 2.45) is 0 Å². The maximum Gasteiger partial charge on any atom is 0.346 e. The van der Waals surface area contributed by atoms with E-state index in [-0.39, 0.29) is 25.3 Å². The molecule has 0 aromatic heterocycles. The van der Waals surface area contributed by atoms with Crippen LogP contribution in [0.1, 0.15) is 32.3 Å². The highest BCUT2D eigenvalue weighted by atomic mass is 17.2. The number of benzene rings is 1. The van der Waals surface area contributed by atoms with Crippen molar-refractivity contribution in [2.45, 2.75) is 39.4 Å². The first-order valence-corrected chi connectivity index (χ1v) is 7.20. The Morgan fingerprint density at radius 2 is 1.87 bits per heavy atom. The van der Waals surface area contributed by atoms with Crippen molar-refractivity contribution in [1.82, 2.24) is 0 Å². The van der Waals surface area contributed by atoms with Crippen LogP contribution in [0.25, 0.3) is 0 Å². The summed E-state index contributed by atoms with van der Waals surface area (Å²) in [7, 11) is 0. The topological polar surface area (TPSA) is 105 Å². The van der Waals surface area contributed by atoms with E-state index < -0.39 is 22.8 Å². The predicted octanol–water partition coefficient (Wildman–Crippen LogP) is 2.34. The molecule has 0 amide bonds. The molecule has 0 saturated heterocycles. The molecule has 0 spiro atoms. The van der Waals surface area contributed by atoms with Crippen LogP contribution in [0.2, 0.25) is 0 Å². The van der Waals surface area contributed by atoms with Crippen LogP contribution < -0.4 is 0 Å². The Bertz CT molecular complexity index is 541. The van der Waals surface area contributed by atoms with Gasteiger partial charge in [0, 0.05) is 18.6 Å². The second-order valence-corrected chi connectivity index (χ2v) is 4.63. The third-order valence-electron chi connectivity index (χ3n) is 2.81. The summed E-state index contributed by atoms with van der Waals surface area (Å²) < 4.78 is 5.02. The maximum atomic E-state index is 12.0. The number of esters is 1. The molecule has 8 heteroatoms. The third kappa shape index (κ3) is 6.13. The molecule has 0 aliphatic heterocycles. The first-order valence-electron chi connectivity index (χ1n) is 7.20. The van der Waals surface area contributed by atoms with Crippen LogP contribution in [0, 0.1) is 10.1 Å². The van der Waals surface area contributed by atoms with Gasteiger partial charge in [0.15, 0.2) is 5.78 Å². The Balaban J connectivity index is 2.63. The molecule has 0 heterocycles. The Hall–Kier alpha value is -2.32. The van der Waals surface area contributed by atoms with E-state index in [9.17, 15) is 19.7 Å². The van der Waals surface area contributed by atoms with Crippen molar-refractivity contribution in [1.29, 1.82) is 0 Å². The van der Waals surface area contributed by atoms with Crippen LogP contribution in [0.3, 0.4) is 0 Å². The molecule has 0 bridgehead atoms. The lowest BCUT2D eigenvalue weighted by molar-refractivity contribution is -0.384. The molecular weight excluding hydrogens is 306 g/mol. The van der Waals surface area contributed by atoms with E-state index in [1.165, 1.54) is 24.3 Å². The molecule has 0 fully saturated rings. The Morgan fingerprint density at radius 1 is 1.22 bits per heavy atom. The van der Waals surface area contributed by atoms with Gasteiger partial charge in [-0.1, -0.05) is 6.92 Å². The highest BCUT2D eigenvalue weighted by Gasteiger charge is 2.29.